The van der Waals surface area contributed by atoms with Crippen LogP contribution in [0.3, 0.4) is 0 Å². The van der Waals surface area contributed by atoms with E-state index in [2.05, 4.69) is 43.3 Å². The van der Waals surface area contributed by atoms with E-state index in [-0.39, 0.29) is 0 Å². The number of benzene rings is 1. The smallest absolute Gasteiger partial charge is 0.137 e. The highest BCUT2D eigenvalue weighted by Gasteiger charge is 2.64. The van der Waals surface area contributed by atoms with Gasteiger partial charge in [-0.2, -0.15) is 0 Å². The highest BCUT2D eigenvalue weighted by molar-refractivity contribution is 8.03. The van der Waals surface area contributed by atoms with Gasteiger partial charge in [0.05, 0.1) is 0 Å². The third-order valence-electron chi connectivity index (χ3n) is 7.46. The molecule has 3 fully saturated rings. The Balaban J connectivity index is 1.55. The van der Waals surface area contributed by atoms with E-state index in [1.54, 1.807) is 4.91 Å². The lowest BCUT2D eigenvalue weighted by molar-refractivity contribution is -0.147. The third kappa shape index (κ3) is 2.05. The topological polar surface area (TPSA) is 17.1 Å². The van der Waals surface area contributed by atoms with Crippen molar-refractivity contribution in [2.45, 2.75) is 50.3 Å². The fourth-order valence-electron chi connectivity index (χ4n) is 6.92. The van der Waals surface area contributed by atoms with Crippen LogP contribution in [0.5, 0.6) is 0 Å². The van der Waals surface area contributed by atoms with Crippen LogP contribution < -0.4 is 0 Å². The van der Waals surface area contributed by atoms with E-state index in [1.807, 2.05) is 11.8 Å². The molecule has 6 atom stereocenters. The van der Waals surface area contributed by atoms with Gasteiger partial charge in [-0.15, -0.1) is 0 Å². The molecule has 24 heavy (non-hydrogen) atoms. The van der Waals surface area contributed by atoms with Crippen LogP contribution in [0.2, 0.25) is 0 Å². The van der Waals surface area contributed by atoms with Crippen molar-refractivity contribution in [2.75, 3.05) is 0 Å². The zero-order valence-corrected chi connectivity index (χ0v) is 15.2. The molecule has 0 aliphatic heterocycles. The van der Waals surface area contributed by atoms with Gasteiger partial charge in [0.15, 0.2) is 0 Å². The zero-order chi connectivity index (χ0) is 16.3. The molecule has 1 spiro atoms. The van der Waals surface area contributed by atoms with Crippen LogP contribution in [0.15, 0.2) is 46.2 Å². The van der Waals surface area contributed by atoms with Crippen LogP contribution in [0, 0.1) is 35.0 Å². The van der Waals surface area contributed by atoms with Crippen LogP contribution in [-0.4, -0.2) is 5.78 Å². The van der Waals surface area contributed by atoms with Gasteiger partial charge in [-0.05, 0) is 78.2 Å². The first-order chi connectivity index (χ1) is 11.7. The molecule has 0 unspecified atom stereocenters. The van der Waals surface area contributed by atoms with Gasteiger partial charge < -0.3 is 0 Å². The number of hydrogen-bond acceptors (Lipinski definition) is 2. The van der Waals surface area contributed by atoms with E-state index in [4.69, 9.17) is 0 Å². The van der Waals surface area contributed by atoms with Gasteiger partial charge in [-0.3, -0.25) is 4.79 Å². The van der Waals surface area contributed by atoms with Gasteiger partial charge in [0, 0.05) is 17.2 Å². The molecule has 1 aromatic carbocycles. The van der Waals surface area contributed by atoms with E-state index in [1.165, 1.54) is 30.6 Å². The number of ketones is 1. The Morgan fingerprint density at radius 3 is 2.79 bits per heavy atom. The molecule has 4 aliphatic rings. The summed E-state index contributed by atoms with van der Waals surface area (Å²) in [5.74, 6) is 3.86. The monoisotopic (exact) mass is 338 g/mol. The van der Waals surface area contributed by atoms with Crippen molar-refractivity contribution in [1.82, 2.24) is 0 Å². The summed E-state index contributed by atoms with van der Waals surface area (Å²) in [4.78, 5) is 15.8. The summed E-state index contributed by atoms with van der Waals surface area (Å²) in [6.45, 7) is 2.43. The Kier molecular flexibility index (Phi) is 3.49. The van der Waals surface area contributed by atoms with Crippen molar-refractivity contribution in [2.24, 2.45) is 35.0 Å². The Bertz CT molecular complexity index is 693. The van der Waals surface area contributed by atoms with E-state index >= 15 is 0 Å². The number of allylic oxidation sites excluding steroid dienone is 2. The first-order valence-electron chi connectivity index (χ1n) is 9.64. The molecule has 0 aromatic heterocycles. The molecule has 4 aliphatic carbocycles. The predicted octanol–water partition coefficient (Wildman–Crippen LogP) is 5.71. The quantitative estimate of drug-likeness (QED) is 0.686. The lowest BCUT2D eigenvalue weighted by Gasteiger charge is -2.58. The Morgan fingerprint density at radius 2 is 1.96 bits per heavy atom. The maximum Gasteiger partial charge on any atom is 0.137 e. The van der Waals surface area contributed by atoms with E-state index < -0.39 is 0 Å². The summed E-state index contributed by atoms with van der Waals surface area (Å²) >= 11 is 1.97. The molecular weight excluding hydrogens is 312 g/mol. The van der Waals surface area contributed by atoms with Crippen molar-refractivity contribution >= 4 is 17.5 Å². The second-order valence-electron chi connectivity index (χ2n) is 8.63. The summed E-state index contributed by atoms with van der Waals surface area (Å²) in [7, 11) is 0. The zero-order valence-electron chi connectivity index (χ0n) is 14.4. The number of carbonyl (C=O) groups is 1. The van der Waals surface area contributed by atoms with Gasteiger partial charge in [0.1, 0.15) is 5.78 Å². The molecule has 1 nitrogen and oxygen atoms in total. The van der Waals surface area contributed by atoms with Crippen molar-refractivity contribution in [3.63, 3.8) is 0 Å². The summed E-state index contributed by atoms with van der Waals surface area (Å²) < 4.78 is 0. The number of rotatable bonds is 2. The minimum absolute atomic E-state index is 0.309. The average Bonchev–Trinajstić information content (AvgIpc) is 2.95. The average molecular weight is 339 g/mol. The van der Waals surface area contributed by atoms with Crippen LogP contribution in [-0.2, 0) is 4.79 Å². The largest absolute Gasteiger partial charge is 0.299 e. The standard InChI is InChI=1S/C22H26OS/c1-14-11-15-12-20(23)18-9-10-21(24-16-5-3-2-4-6-16)19-8-7-17(15)22(18,19)13-14/h2-6,10,14-15,17-19H,7-9,11-13H2,1H3/t14-,15+,17-,18-,19+,22-/m1/s1. The minimum Gasteiger partial charge on any atom is -0.299 e. The summed E-state index contributed by atoms with van der Waals surface area (Å²) in [5.41, 5.74) is 0.309. The minimum atomic E-state index is 0.309. The Morgan fingerprint density at radius 1 is 1.12 bits per heavy atom. The lowest BCUT2D eigenvalue weighted by atomic mass is 9.46. The van der Waals surface area contributed by atoms with Crippen molar-refractivity contribution in [1.29, 1.82) is 0 Å². The lowest BCUT2D eigenvalue weighted by Crippen LogP contribution is -2.55. The normalized spacial score (nSPS) is 43.3. The number of hydrogen-bond donors (Lipinski definition) is 0. The van der Waals surface area contributed by atoms with E-state index in [0.29, 0.717) is 29.0 Å². The highest BCUT2D eigenvalue weighted by Crippen LogP contribution is 2.70. The molecule has 3 saturated carbocycles. The number of thioether (sulfide) groups is 1. The summed E-state index contributed by atoms with van der Waals surface area (Å²) in [5, 5.41) is 0. The maximum atomic E-state index is 12.9. The van der Waals surface area contributed by atoms with Crippen molar-refractivity contribution in [3.8, 4) is 0 Å². The van der Waals surface area contributed by atoms with Crippen LogP contribution in [0.1, 0.15) is 45.4 Å². The second-order valence-corrected chi connectivity index (χ2v) is 9.78. The van der Waals surface area contributed by atoms with E-state index in [0.717, 1.165) is 24.7 Å². The first-order valence-corrected chi connectivity index (χ1v) is 10.5. The van der Waals surface area contributed by atoms with Gasteiger partial charge in [-0.1, -0.05) is 43.0 Å². The number of carbonyl (C=O) groups excluding carboxylic acids is 1. The molecule has 1 aromatic rings. The Hall–Kier alpha value is -1.02. The van der Waals surface area contributed by atoms with Gasteiger partial charge in [0.25, 0.3) is 0 Å². The van der Waals surface area contributed by atoms with Crippen LogP contribution in [0.4, 0.5) is 0 Å². The van der Waals surface area contributed by atoms with Crippen LogP contribution >= 0.6 is 11.8 Å². The second kappa shape index (κ2) is 5.49. The molecule has 0 saturated heterocycles. The summed E-state index contributed by atoms with van der Waals surface area (Å²) in [6, 6.07) is 10.8. The van der Waals surface area contributed by atoms with Gasteiger partial charge >= 0.3 is 0 Å². The molecule has 0 amide bonds. The van der Waals surface area contributed by atoms with Crippen molar-refractivity contribution in [3.05, 3.63) is 41.3 Å². The molecule has 5 rings (SSSR count). The van der Waals surface area contributed by atoms with E-state index in [9.17, 15) is 4.79 Å². The maximum absolute atomic E-state index is 12.9. The molecule has 2 bridgehead atoms. The fourth-order valence-corrected chi connectivity index (χ4v) is 8.14. The predicted molar refractivity (Wildman–Crippen MR) is 98.6 cm³/mol. The Labute approximate surface area is 149 Å². The molecular formula is C22H26OS. The molecule has 0 radical (unpaired) electrons. The molecule has 0 N–H and O–H groups in total. The molecule has 2 heteroatoms. The van der Waals surface area contributed by atoms with Crippen molar-refractivity contribution < 1.29 is 4.79 Å². The fraction of sp³-hybridized carbons (Fsp3) is 0.591. The van der Waals surface area contributed by atoms with Gasteiger partial charge in [0.2, 0.25) is 0 Å². The van der Waals surface area contributed by atoms with Gasteiger partial charge in [-0.25, -0.2) is 0 Å². The SMILES string of the molecule is C[C@@H]1C[C@H]2CC(=O)[C@H]3CC=C(Sc4ccccc4)[C@@H]4CC[C@H]2[C@]34C1. The van der Waals surface area contributed by atoms with Crippen LogP contribution in [0.25, 0.3) is 0 Å². The third-order valence-corrected chi connectivity index (χ3v) is 8.65. The molecule has 0 heterocycles. The summed E-state index contributed by atoms with van der Waals surface area (Å²) in [6.07, 6.45) is 9.56. The first kappa shape index (κ1) is 15.3. The highest BCUT2D eigenvalue weighted by atomic mass is 32.2. The molecule has 126 valence electrons. The number of Topliss-reactive ketones (excluding diaryl/α,β-unsaturated/α-hetero) is 1.